The Balaban J connectivity index is 1.82. The monoisotopic (exact) mass is 237 g/mol. The van der Waals surface area contributed by atoms with Gasteiger partial charge in [0, 0.05) is 6.04 Å². The van der Waals surface area contributed by atoms with E-state index < -0.39 is 5.60 Å². The van der Waals surface area contributed by atoms with Crippen molar-refractivity contribution in [3.05, 3.63) is 35.6 Å². The summed E-state index contributed by atoms with van der Waals surface area (Å²) >= 11 is 0. The van der Waals surface area contributed by atoms with Gasteiger partial charge in [0.2, 0.25) is 0 Å². The predicted octanol–water partition coefficient (Wildman–Crippen LogP) is 2.26. The van der Waals surface area contributed by atoms with Gasteiger partial charge in [0.05, 0.1) is 5.60 Å². The van der Waals surface area contributed by atoms with E-state index in [1.165, 1.54) is 6.07 Å². The van der Waals surface area contributed by atoms with Crippen LogP contribution in [-0.4, -0.2) is 23.3 Å². The van der Waals surface area contributed by atoms with Gasteiger partial charge >= 0.3 is 0 Å². The Morgan fingerprint density at radius 2 is 2.24 bits per heavy atom. The molecule has 0 heterocycles. The maximum Gasteiger partial charge on any atom is 0.126 e. The number of hydrogen-bond acceptors (Lipinski definition) is 2. The van der Waals surface area contributed by atoms with Crippen LogP contribution in [0, 0.1) is 5.82 Å². The molecule has 94 valence electrons. The average molecular weight is 237 g/mol. The van der Waals surface area contributed by atoms with E-state index in [4.69, 9.17) is 0 Å². The fraction of sp³-hybridized carbons (Fsp3) is 0.571. The molecule has 2 atom stereocenters. The fourth-order valence-electron chi connectivity index (χ4n) is 2.55. The molecule has 2 unspecified atom stereocenters. The van der Waals surface area contributed by atoms with Crippen LogP contribution in [0.1, 0.15) is 31.7 Å². The van der Waals surface area contributed by atoms with Crippen molar-refractivity contribution in [3.8, 4) is 0 Å². The van der Waals surface area contributed by atoms with Crippen molar-refractivity contribution < 1.29 is 9.50 Å². The lowest BCUT2D eigenvalue weighted by atomic mass is 10.0. The highest BCUT2D eigenvalue weighted by molar-refractivity contribution is 5.17. The van der Waals surface area contributed by atoms with Gasteiger partial charge in [-0.2, -0.15) is 0 Å². The van der Waals surface area contributed by atoms with Crippen LogP contribution < -0.4 is 5.32 Å². The van der Waals surface area contributed by atoms with Crippen molar-refractivity contribution in [1.29, 1.82) is 0 Å². The number of nitrogens with one attached hydrogen (secondary N) is 1. The van der Waals surface area contributed by atoms with E-state index >= 15 is 0 Å². The smallest absolute Gasteiger partial charge is 0.126 e. The molecule has 2 nitrogen and oxygen atoms in total. The van der Waals surface area contributed by atoms with E-state index in [-0.39, 0.29) is 11.9 Å². The Bertz CT molecular complexity index is 378. The van der Waals surface area contributed by atoms with Gasteiger partial charge in [0.15, 0.2) is 0 Å². The number of hydrogen-bond donors (Lipinski definition) is 2. The molecule has 0 aromatic heterocycles. The summed E-state index contributed by atoms with van der Waals surface area (Å²) < 4.78 is 13.4. The second-order valence-corrected chi connectivity index (χ2v) is 5.10. The molecular formula is C14H20FNO. The molecule has 1 fully saturated rings. The van der Waals surface area contributed by atoms with Gasteiger partial charge in [-0.05, 0) is 50.8 Å². The summed E-state index contributed by atoms with van der Waals surface area (Å²) in [4.78, 5) is 0. The van der Waals surface area contributed by atoms with Crippen LogP contribution in [0.4, 0.5) is 4.39 Å². The average Bonchev–Trinajstić information content (AvgIpc) is 2.61. The molecule has 17 heavy (non-hydrogen) atoms. The normalized spacial score (nSPS) is 28.5. The number of halogens is 1. The highest BCUT2D eigenvalue weighted by atomic mass is 19.1. The minimum Gasteiger partial charge on any atom is -0.389 e. The summed E-state index contributed by atoms with van der Waals surface area (Å²) in [6.45, 7) is 2.59. The molecule has 2 rings (SSSR count). The number of aliphatic hydroxyl groups is 1. The van der Waals surface area contributed by atoms with E-state index in [0.717, 1.165) is 24.8 Å². The molecule has 1 aromatic carbocycles. The summed E-state index contributed by atoms with van der Waals surface area (Å²) in [7, 11) is 0. The third-order valence-electron chi connectivity index (χ3n) is 3.67. The molecule has 3 heteroatoms. The summed E-state index contributed by atoms with van der Waals surface area (Å²) in [5.74, 6) is -0.146. The Kier molecular flexibility index (Phi) is 3.79. The molecule has 0 aliphatic heterocycles. The second kappa shape index (κ2) is 5.15. The van der Waals surface area contributed by atoms with Crippen LogP contribution in [-0.2, 0) is 6.42 Å². The van der Waals surface area contributed by atoms with Crippen LogP contribution in [0.5, 0.6) is 0 Å². The highest BCUT2D eigenvalue weighted by Crippen LogP contribution is 2.29. The minimum atomic E-state index is -0.602. The summed E-state index contributed by atoms with van der Waals surface area (Å²) in [5.41, 5.74) is 0.132. The van der Waals surface area contributed by atoms with Crippen molar-refractivity contribution in [2.45, 2.75) is 44.2 Å². The first-order valence-corrected chi connectivity index (χ1v) is 6.29. The summed E-state index contributed by atoms with van der Waals surface area (Å²) in [6, 6.07) is 7.00. The van der Waals surface area contributed by atoms with E-state index in [9.17, 15) is 9.50 Å². The van der Waals surface area contributed by atoms with Crippen molar-refractivity contribution in [1.82, 2.24) is 5.32 Å². The SMILES string of the molecule is CC1(O)CCCC1NCCc1ccccc1F. The lowest BCUT2D eigenvalue weighted by Gasteiger charge is -2.26. The molecule has 0 amide bonds. The topological polar surface area (TPSA) is 32.3 Å². The van der Waals surface area contributed by atoms with E-state index in [2.05, 4.69) is 5.32 Å². The molecular weight excluding hydrogens is 217 g/mol. The lowest BCUT2D eigenvalue weighted by molar-refractivity contribution is 0.0395. The van der Waals surface area contributed by atoms with Gasteiger partial charge in [-0.25, -0.2) is 4.39 Å². The van der Waals surface area contributed by atoms with Crippen LogP contribution >= 0.6 is 0 Å². The molecule has 1 aromatic rings. The summed E-state index contributed by atoms with van der Waals surface area (Å²) in [6.07, 6.45) is 3.58. The Morgan fingerprint density at radius 1 is 1.47 bits per heavy atom. The zero-order valence-corrected chi connectivity index (χ0v) is 10.2. The predicted molar refractivity (Wildman–Crippen MR) is 66.4 cm³/mol. The molecule has 2 N–H and O–H groups in total. The second-order valence-electron chi connectivity index (χ2n) is 5.10. The Labute approximate surface area is 102 Å². The third kappa shape index (κ3) is 3.05. The molecule has 0 saturated heterocycles. The highest BCUT2D eigenvalue weighted by Gasteiger charge is 2.35. The number of rotatable bonds is 4. The molecule has 1 aliphatic carbocycles. The molecule has 0 bridgehead atoms. The van der Waals surface area contributed by atoms with E-state index in [1.54, 1.807) is 6.07 Å². The largest absolute Gasteiger partial charge is 0.389 e. The molecule has 1 saturated carbocycles. The van der Waals surface area contributed by atoms with Crippen molar-refractivity contribution in [3.63, 3.8) is 0 Å². The molecule has 0 spiro atoms. The van der Waals surface area contributed by atoms with Crippen molar-refractivity contribution >= 4 is 0 Å². The van der Waals surface area contributed by atoms with Crippen LogP contribution in [0.3, 0.4) is 0 Å². The van der Waals surface area contributed by atoms with Gasteiger partial charge in [-0.1, -0.05) is 18.2 Å². The Hall–Kier alpha value is -0.930. The number of benzene rings is 1. The van der Waals surface area contributed by atoms with Gasteiger partial charge in [0.25, 0.3) is 0 Å². The first-order chi connectivity index (χ1) is 8.09. The van der Waals surface area contributed by atoms with Gasteiger partial charge in [0.1, 0.15) is 5.82 Å². The first kappa shape index (κ1) is 12.5. The van der Waals surface area contributed by atoms with Crippen molar-refractivity contribution in [2.24, 2.45) is 0 Å². The third-order valence-corrected chi connectivity index (χ3v) is 3.67. The maximum absolute atomic E-state index is 13.4. The molecule has 1 aliphatic rings. The quantitative estimate of drug-likeness (QED) is 0.842. The lowest BCUT2D eigenvalue weighted by Crippen LogP contribution is -2.45. The zero-order chi connectivity index (χ0) is 12.3. The van der Waals surface area contributed by atoms with E-state index in [1.807, 2.05) is 19.1 Å². The Morgan fingerprint density at radius 3 is 2.88 bits per heavy atom. The maximum atomic E-state index is 13.4. The minimum absolute atomic E-state index is 0.146. The van der Waals surface area contributed by atoms with Crippen LogP contribution in [0.25, 0.3) is 0 Å². The van der Waals surface area contributed by atoms with Gasteiger partial charge in [-0.3, -0.25) is 0 Å². The first-order valence-electron chi connectivity index (χ1n) is 6.29. The molecule has 0 radical (unpaired) electrons. The summed E-state index contributed by atoms with van der Waals surface area (Å²) in [5, 5.41) is 13.4. The van der Waals surface area contributed by atoms with Gasteiger partial charge < -0.3 is 10.4 Å². The fourth-order valence-corrected chi connectivity index (χ4v) is 2.55. The zero-order valence-electron chi connectivity index (χ0n) is 10.2. The van der Waals surface area contributed by atoms with Crippen LogP contribution in [0.15, 0.2) is 24.3 Å². The van der Waals surface area contributed by atoms with E-state index in [0.29, 0.717) is 13.0 Å². The van der Waals surface area contributed by atoms with Crippen molar-refractivity contribution in [2.75, 3.05) is 6.54 Å². The standard InChI is InChI=1S/C14H20FNO/c1-14(17)9-4-7-13(14)16-10-8-11-5-2-3-6-12(11)15/h2-3,5-6,13,16-17H,4,7-10H2,1H3. The van der Waals surface area contributed by atoms with Gasteiger partial charge in [-0.15, -0.1) is 0 Å². The van der Waals surface area contributed by atoms with Crippen LogP contribution in [0.2, 0.25) is 0 Å².